The zero-order valence-electron chi connectivity index (χ0n) is 11.1. The molecule has 0 fully saturated rings. The molecule has 0 amide bonds. The molecule has 1 rings (SSSR count). The minimum Gasteiger partial charge on any atom is -0.469 e. The number of aliphatic imine (C=N–C) groups is 1. The van der Waals surface area contributed by atoms with Crippen molar-refractivity contribution in [2.45, 2.75) is 19.9 Å². The van der Waals surface area contributed by atoms with Gasteiger partial charge >= 0.3 is 5.97 Å². The maximum atomic E-state index is 11.0. The lowest BCUT2D eigenvalue weighted by Gasteiger charge is -2.10. The number of carbonyl (C=O) groups excluding carboxylic acids is 1. The predicted octanol–water partition coefficient (Wildman–Crippen LogP) is 1.52. The largest absolute Gasteiger partial charge is 0.469 e. The first-order valence-electron chi connectivity index (χ1n) is 5.87. The van der Waals surface area contributed by atoms with Gasteiger partial charge < -0.3 is 19.8 Å². The van der Waals surface area contributed by atoms with Gasteiger partial charge in [-0.1, -0.05) is 0 Å². The number of rotatable bonds is 6. The summed E-state index contributed by atoms with van der Waals surface area (Å²) in [4.78, 5) is 15.3. The van der Waals surface area contributed by atoms with E-state index in [1.165, 1.54) is 7.11 Å². The summed E-state index contributed by atoms with van der Waals surface area (Å²) in [5, 5.41) is 6.13. The fourth-order valence-corrected chi connectivity index (χ4v) is 1.29. The van der Waals surface area contributed by atoms with Crippen molar-refractivity contribution in [3.8, 4) is 0 Å². The molecule has 2 N–H and O–H groups in total. The van der Waals surface area contributed by atoms with Crippen LogP contribution in [0.2, 0.25) is 0 Å². The first-order chi connectivity index (χ1) is 8.76. The molecule has 7 heteroatoms. The Morgan fingerprint density at radius 3 is 2.84 bits per heavy atom. The first-order valence-corrected chi connectivity index (χ1v) is 5.87. The van der Waals surface area contributed by atoms with Crippen LogP contribution in [0.15, 0.2) is 27.8 Å². The summed E-state index contributed by atoms with van der Waals surface area (Å²) in [6, 6.07) is 3.68. The Morgan fingerprint density at radius 1 is 1.47 bits per heavy atom. The molecule has 108 valence electrons. The molecule has 0 radical (unpaired) electrons. The molecule has 19 heavy (non-hydrogen) atoms. The number of ether oxygens (including phenoxy) is 1. The molecular weight excluding hydrogens is 361 g/mol. The first kappa shape index (κ1) is 17.8. The zero-order chi connectivity index (χ0) is 13.2. The number of methoxy groups -OCH3 is 1. The van der Waals surface area contributed by atoms with Crippen LogP contribution in [0.4, 0.5) is 0 Å². The van der Waals surface area contributed by atoms with E-state index in [4.69, 9.17) is 4.42 Å². The van der Waals surface area contributed by atoms with E-state index in [1.54, 1.807) is 6.26 Å². The average molecular weight is 381 g/mol. The van der Waals surface area contributed by atoms with Gasteiger partial charge in [0.05, 0.1) is 19.8 Å². The highest BCUT2D eigenvalue weighted by molar-refractivity contribution is 14.0. The standard InChI is InChI=1S/C12H19N3O3.HI/c1-3-13-12(14-7-6-11(16)17-2)15-9-10-5-4-8-18-10;/h4-5,8H,3,6-7,9H2,1-2H3,(H2,13,14,15);1H. The van der Waals surface area contributed by atoms with Crippen LogP contribution in [0.25, 0.3) is 0 Å². The number of nitrogens with one attached hydrogen (secondary N) is 2. The maximum Gasteiger partial charge on any atom is 0.307 e. The van der Waals surface area contributed by atoms with Crippen molar-refractivity contribution in [1.29, 1.82) is 0 Å². The predicted molar refractivity (Wildman–Crippen MR) is 83.6 cm³/mol. The van der Waals surface area contributed by atoms with Crippen molar-refractivity contribution in [3.05, 3.63) is 24.2 Å². The number of hydrogen-bond acceptors (Lipinski definition) is 4. The van der Waals surface area contributed by atoms with E-state index in [-0.39, 0.29) is 29.9 Å². The van der Waals surface area contributed by atoms with Crippen LogP contribution in [0, 0.1) is 0 Å². The third-order valence-corrected chi connectivity index (χ3v) is 2.17. The Balaban J connectivity index is 0.00000324. The Labute approximate surface area is 130 Å². The van der Waals surface area contributed by atoms with Gasteiger partial charge in [-0.2, -0.15) is 0 Å². The molecule has 0 aromatic carbocycles. The van der Waals surface area contributed by atoms with Crippen molar-refractivity contribution in [2.24, 2.45) is 4.99 Å². The van der Waals surface area contributed by atoms with Crippen molar-refractivity contribution < 1.29 is 13.9 Å². The van der Waals surface area contributed by atoms with Crippen molar-refractivity contribution >= 4 is 35.9 Å². The van der Waals surface area contributed by atoms with E-state index in [9.17, 15) is 4.79 Å². The van der Waals surface area contributed by atoms with Crippen LogP contribution in [-0.2, 0) is 16.1 Å². The second-order valence-corrected chi connectivity index (χ2v) is 3.53. The summed E-state index contributed by atoms with van der Waals surface area (Å²) in [6.07, 6.45) is 1.92. The van der Waals surface area contributed by atoms with Crippen LogP contribution in [0.3, 0.4) is 0 Å². The SMILES string of the molecule is CCNC(=NCc1ccco1)NCCC(=O)OC.I. The number of halogens is 1. The third kappa shape index (κ3) is 7.70. The second kappa shape index (κ2) is 10.7. The van der Waals surface area contributed by atoms with Crippen molar-refractivity contribution in [1.82, 2.24) is 10.6 Å². The smallest absolute Gasteiger partial charge is 0.307 e. The van der Waals surface area contributed by atoms with E-state index in [1.807, 2.05) is 19.1 Å². The number of furan rings is 1. The molecule has 0 aliphatic carbocycles. The number of carbonyl (C=O) groups is 1. The molecule has 0 bridgehead atoms. The third-order valence-electron chi connectivity index (χ3n) is 2.17. The van der Waals surface area contributed by atoms with Gasteiger partial charge in [-0.05, 0) is 19.1 Å². The van der Waals surface area contributed by atoms with E-state index < -0.39 is 0 Å². The van der Waals surface area contributed by atoms with Crippen LogP contribution >= 0.6 is 24.0 Å². The molecule has 1 heterocycles. The normalized spacial score (nSPS) is 10.5. The monoisotopic (exact) mass is 381 g/mol. The average Bonchev–Trinajstić information content (AvgIpc) is 2.88. The van der Waals surface area contributed by atoms with Gasteiger partial charge in [0.25, 0.3) is 0 Å². The molecular formula is C12H20IN3O3. The topological polar surface area (TPSA) is 75.9 Å². The molecule has 0 unspecified atom stereocenters. The minimum atomic E-state index is -0.246. The molecule has 0 spiro atoms. The number of nitrogens with zero attached hydrogens (tertiary/aromatic N) is 1. The Kier molecular flexibility index (Phi) is 9.95. The number of guanidine groups is 1. The highest BCUT2D eigenvalue weighted by Crippen LogP contribution is 2.00. The number of hydrogen-bond donors (Lipinski definition) is 2. The lowest BCUT2D eigenvalue weighted by Crippen LogP contribution is -2.38. The molecule has 0 saturated carbocycles. The lowest BCUT2D eigenvalue weighted by molar-refractivity contribution is -0.140. The summed E-state index contributed by atoms with van der Waals surface area (Å²) in [5.74, 6) is 1.20. The molecule has 0 aliphatic heterocycles. The maximum absolute atomic E-state index is 11.0. The summed E-state index contributed by atoms with van der Waals surface area (Å²) < 4.78 is 9.74. The summed E-state index contributed by atoms with van der Waals surface area (Å²) >= 11 is 0. The fourth-order valence-electron chi connectivity index (χ4n) is 1.29. The fraction of sp³-hybridized carbons (Fsp3) is 0.500. The van der Waals surface area contributed by atoms with Crippen molar-refractivity contribution in [2.75, 3.05) is 20.2 Å². The Hall–Kier alpha value is -1.25. The van der Waals surface area contributed by atoms with Gasteiger partial charge in [-0.25, -0.2) is 4.99 Å². The van der Waals surface area contributed by atoms with Gasteiger partial charge in [0.2, 0.25) is 0 Å². The number of esters is 1. The molecule has 0 atom stereocenters. The highest BCUT2D eigenvalue weighted by atomic mass is 127. The van der Waals surface area contributed by atoms with E-state index in [0.29, 0.717) is 25.5 Å². The molecule has 6 nitrogen and oxygen atoms in total. The zero-order valence-corrected chi connectivity index (χ0v) is 13.5. The van der Waals surface area contributed by atoms with Gasteiger partial charge in [0.15, 0.2) is 5.96 Å². The molecule has 1 aromatic heterocycles. The van der Waals surface area contributed by atoms with E-state index in [0.717, 1.165) is 12.3 Å². The van der Waals surface area contributed by atoms with Crippen LogP contribution in [-0.4, -0.2) is 32.1 Å². The van der Waals surface area contributed by atoms with Gasteiger partial charge in [0.1, 0.15) is 12.3 Å². The summed E-state index contributed by atoms with van der Waals surface area (Å²) in [7, 11) is 1.37. The molecule has 0 saturated heterocycles. The van der Waals surface area contributed by atoms with E-state index >= 15 is 0 Å². The lowest BCUT2D eigenvalue weighted by atomic mass is 10.4. The van der Waals surface area contributed by atoms with Gasteiger partial charge in [-0.3, -0.25) is 4.79 Å². The summed E-state index contributed by atoms with van der Waals surface area (Å²) in [6.45, 7) is 3.67. The van der Waals surface area contributed by atoms with Crippen molar-refractivity contribution in [3.63, 3.8) is 0 Å². The molecule has 0 aliphatic rings. The second-order valence-electron chi connectivity index (χ2n) is 3.53. The highest BCUT2D eigenvalue weighted by Gasteiger charge is 2.02. The Bertz CT molecular complexity index is 380. The summed E-state index contributed by atoms with van der Waals surface area (Å²) in [5.41, 5.74) is 0. The van der Waals surface area contributed by atoms with Gasteiger partial charge in [-0.15, -0.1) is 24.0 Å². The van der Waals surface area contributed by atoms with E-state index in [2.05, 4.69) is 20.4 Å². The minimum absolute atomic E-state index is 0. The van der Waals surface area contributed by atoms with Crippen LogP contribution in [0.1, 0.15) is 19.1 Å². The Morgan fingerprint density at radius 2 is 2.26 bits per heavy atom. The molecule has 1 aromatic rings. The van der Waals surface area contributed by atoms with Crippen LogP contribution < -0.4 is 10.6 Å². The van der Waals surface area contributed by atoms with Crippen LogP contribution in [0.5, 0.6) is 0 Å². The van der Waals surface area contributed by atoms with Gasteiger partial charge in [0, 0.05) is 13.1 Å². The quantitative estimate of drug-likeness (QED) is 0.338.